The van der Waals surface area contributed by atoms with Gasteiger partial charge in [-0.3, -0.25) is 10.1 Å². The molecule has 6 heteroatoms. The summed E-state index contributed by atoms with van der Waals surface area (Å²) in [5, 5.41) is 10.9. The largest absolute Gasteiger partial charge is 0.463 e. The van der Waals surface area contributed by atoms with Crippen LogP contribution in [-0.2, 0) is 9.53 Å². The molecular weight excluding hydrogens is 326 g/mol. The standard InChI is InChI=1S/C18H21NO4S/c1-5-23-18(20)11-14(3)8-6-7-13(2)9-10-16-15(4)12-17(24-16)19(21)22/h6-12H,5H2,1-4H3. The lowest BCUT2D eigenvalue weighted by Gasteiger charge is -1.96. The molecule has 24 heavy (non-hydrogen) atoms. The van der Waals surface area contributed by atoms with Gasteiger partial charge < -0.3 is 4.74 Å². The van der Waals surface area contributed by atoms with E-state index in [9.17, 15) is 14.9 Å². The van der Waals surface area contributed by atoms with Gasteiger partial charge in [0.05, 0.1) is 11.5 Å². The van der Waals surface area contributed by atoms with Gasteiger partial charge in [0.15, 0.2) is 0 Å². The van der Waals surface area contributed by atoms with Gasteiger partial charge in [0.2, 0.25) is 0 Å². The van der Waals surface area contributed by atoms with E-state index in [1.165, 1.54) is 6.08 Å². The number of hydrogen-bond donors (Lipinski definition) is 0. The van der Waals surface area contributed by atoms with Crippen LogP contribution in [0.25, 0.3) is 6.08 Å². The van der Waals surface area contributed by atoms with E-state index in [0.29, 0.717) is 6.61 Å². The molecule has 0 aliphatic rings. The van der Waals surface area contributed by atoms with E-state index >= 15 is 0 Å². The molecule has 5 nitrogen and oxygen atoms in total. The number of aryl methyl sites for hydroxylation is 1. The molecule has 1 aromatic heterocycles. The minimum absolute atomic E-state index is 0.147. The molecule has 0 saturated heterocycles. The van der Waals surface area contributed by atoms with E-state index in [0.717, 1.165) is 32.9 Å². The molecule has 0 saturated carbocycles. The summed E-state index contributed by atoms with van der Waals surface area (Å²) in [4.78, 5) is 22.5. The van der Waals surface area contributed by atoms with Crippen LogP contribution in [0.4, 0.5) is 5.00 Å². The Morgan fingerprint density at radius 3 is 2.62 bits per heavy atom. The Morgan fingerprint density at radius 1 is 1.33 bits per heavy atom. The topological polar surface area (TPSA) is 69.4 Å². The SMILES string of the molecule is CCOC(=O)C=C(C)C=CC=C(C)C=Cc1sc([N+](=O)[O-])cc1C. The van der Waals surface area contributed by atoms with Crippen molar-refractivity contribution in [2.45, 2.75) is 27.7 Å². The summed E-state index contributed by atoms with van der Waals surface area (Å²) in [6, 6.07) is 1.58. The molecule has 0 atom stereocenters. The Balaban J connectivity index is 2.72. The predicted octanol–water partition coefficient (Wildman–Crippen LogP) is 4.99. The highest BCUT2D eigenvalue weighted by Gasteiger charge is 2.11. The van der Waals surface area contributed by atoms with Crippen LogP contribution in [0.5, 0.6) is 0 Å². The molecule has 128 valence electrons. The molecule has 0 bridgehead atoms. The van der Waals surface area contributed by atoms with Gasteiger partial charge in [0.1, 0.15) is 0 Å². The number of carbonyl (C=O) groups is 1. The highest BCUT2D eigenvalue weighted by Crippen LogP contribution is 2.29. The highest BCUT2D eigenvalue weighted by molar-refractivity contribution is 7.16. The molecule has 0 amide bonds. The van der Waals surface area contributed by atoms with Crippen LogP contribution < -0.4 is 0 Å². The molecule has 1 aromatic rings. The van der Waals surface area contributed by atoms with Crippen molar-refractivity contribution in [1.82, 2.24) is 0 Å². The van der Waals surface area contributed by atoms with Crippen molar-refractivity contribution in [2.24, 2.45) is 0 Å². The van der Waals surface area contributed by atoms with Crippen LogP contribution in [0.1, 0.15) is 31.2 Å². The molecule has 0 fully saturated rings. The lowest BCUT2D eigenvalue weighted by molar-refractivity contribution is -0.380. The second-order valence-electron chi connectivity index (χ2n) is 5.13. The summed E-state index contributed by atoms with van der Waals surface area (Å²) >= 11 is 1.16. The average molecular weight is 347 g/mol. The van der Waals surface area contributed by atoms with Gasteiger partial charge in [-0.25, -0.2) is 4.79 Å². The van der Waals surface area contributed by atoms with Crippen molar-refractivity contribution in [2.75, 3.05) is 6.61 Å². The van der Waals surface area contributed by atoms with Gasteiger partial charge >= 0.3 is 11.0 Å². The molecule has 1 rings (SSSR count). The van der Waals surface area contributed by atoms with Gasteiger partial charge in [0.25, 0.3) is 0 Å². The number of hydrogen-bond acceptors (Lipinski definition) is 5. The second kappa shape index (κ2) is 9.62. The zero-order valence-corrected chi connectivity index (χ0v) is 15.1. The van der Waals surface area contributed by atoms with E-state index in [4.69, 9.17) is 4.74 Å². The lowest BCUT2D eigenvalue weighted by Crippen LogP contribution is -1.99. The van der Waals surface area contributed by atoms with Gasteiger partial charge in [-0.2, -0.15) is 0 Å². The van der Waals surface area contributed by atoms with Gasteiger partial charge in [0, 0.05) is 17.0 Å². The smallest absolute Gasteiger partial charge is 0.330 e. The zero-order valence-electron chi connectivity index (χ0n) is 14.2. The summed E-state index contributed by atoms with van der Waals surface area (Å²) in [7, 11) is 0. The molecule has 0 N–H and O–H groups in total. The van der Waals surface area contributed by atoms with E-state index in [1.807, 2.05) is 51.2 Å². The van der Waals surface area contributed by atoms with E-state index < -0.39 is 0 Å². The maximum atomic E-state index is 11.3. The molecular formula is C18H21NO4S. The maximum Gasteiger partial charge on any atom is 0.330 e. The molecule has 0 spiro atoms. The minimum Gasteiger partial charge on any atom is -0.463 e. The summed E-state index contributed by atoms with van der Waals surface area (Å²) in [5.74, 6) is -0.352. The van der Waals surface area contributed by atoms with Crippen molar-refractivity contribution in [3.8, 4) is 0 Å². The van der Waals surface area contributed by atoms with Crippen LogP contribution >= 0.6 is 11.3 Å². The summed E-state index contributed by atoms with van der Waals surface area (Å²) < 4.78 is 4.83. The molecule has 1 heterocycles. The molecule has 0 aliphatic carbocycles. The van der Waals surface area contributed by atoms with Crippen molar-refractivity contribution < 1.29 is 14.5 Å². The third kappa shape index (κ3) is 6.75. The number of thiophene rings is 1. The van der Waals surface area contributed by atoms with Gasteiger partial charge in [-0.05, 0) is 44.9 Å². The third-order valence-corrected chi connectivity index (χ3v) is 4.13. The minimum atomic E-state index is -0.376. The van der Waals surface area contributed by atoms with Gasteiger partial charge in [-0.15, -0.1) is 0 Å². The van der Waals surface area contributed by atoms with E-state index in [-0.39, 0.29) is 15.9 Å². The predicted molar refractivity (Wildman–Crippen MR) is 98.0 cm³/mol. The van der Waals surface area contributed by atoms with Crippen LogP contribution in [0.15, 0.2) is 47.6 Å². The number of nitro groups is 1. The fourth-order valence-corrected chi connectivity index (χ4v) is 2.66. The van der Waals surface area contributed by atoms with Crippen molar-refractivity contribution in [1.29, 1.82) is 0 Å². The fourth-order valence-electron chi connectivity index (χ4n) is 1.77. The van der Waals surface area contributed by atoms with E-state index in [1.54, 1.807) is 13.0 Å². The summed E-state index contributed by atoms with van der Waals surface area (Å²) in [5.41, 5.74) is 2.68. The Bertz CT molecular complexity index is 723. The third-order valence-electron chi connectivity index (χ3n) is 2.97. The molecule has 0 unspecified atom stereocenters. The Kier molecular flexibility index (Phi) is 7.85. The van der Waals surface area contributed by atoms with Gasteiger partial charge in [-0.1, -0.05) is 41.2 Å². The quantitative estimate of drug-likeness (QED) is 0.229. The maximum absolute atomic E-state index is 11.3. The van der Waals surface area contributed by atoms with Crippen molar-refractivity contribution in [3.63, 3.8) is 0 Å². The first-order valence-corrected chi connectivity index (χ1v) is 8.28. The monoisotopic (exact) mass is 347 g/mol. The number of esters is 1. The Morgan fingerprint density at radius 2 is 2.04 bits per heavy atom. The lowest BCUT2D eigenvalue weighted by atomic mass is 10.2. The first kappa shape index (κ1) is 19.6. The zero-order chi connectivity index (χ0) is 18.1. The van der Waals surface area contributed by atoms with Crippen molar-refractivity contribution >= 4 is 28.4 Å². The van der Waals surface area contributed by atoms with Crippen molar-refractivity contribution in [3.05, 3.63) is 68.1 Å². The molecule has 0 aromatic carbocycles. The van der Waals surface area contributed by atoms with Crippen LogP contribution in [-0.4, -0.2) is 17.5 Å². The molecule has 0 aliphatic heterocycles. The number of nitrogens with zero attached hydrogens (tertiary/aromatic N) is 1. The number of allylic oxidation sites excluding steroid dienone is 6. The molecule has 0 radical (unpaired) electrons. The first-order valence-electron chi connectivity index (χ1n) is 7.46. The Hall–Kier alpha value is -2.47. The van der Waals surface area contributed by atoms with Crippen LogP contribution in [0, 0.1) is 17.0 Å². The summed E-state index contributed by atoms with van der Waals surface area (Å²) in [6.07, 6.45) is 10.8. The first-order chi connectivity index (χ1) is 11.3. The highest BCUT2D eigenvalue weighted by atomic mass is 32.1. The van der Waals surface area contributed by atoms with Crippen LogP contribution in [0.2, 0.25) is 0 Å². The average Bonchev–Trinajstić information content (AvgIpc) is 2.86. The number of ether oxygens (including phenoxy) is 1. The number of rotatable bonds is 7. The normalized spacial score (nSPS) is 13.0. The second-order valence-corrected chi connectivity index (χ2v) is 6.19. The fraction of sp³-hybridized carbons (Fsp3) is 0.278. The Labute approximate surface area is 145 Å². The summed E-state index contributed by atoms with van der Waals surface area (Å²) in [6.45, 7) is 7.73. The number of carbonyl (C=O) groups excluding carboxylic acids is 1. The van der Waals surface area contributed by atoms with E-state index in [2.05, 4.69) is 0 Å². The van der Waals surface area contributed by atoms with Crippen LogP contribution in [0.3, 0.4) is 0 Å².